The van der Waals surface area contributed by atoms with Gasteiger partial charge in [-0.1, -0.05) is 29.8 Å². The molecule has 0 saturated carbocycles. The highest BCUT2D eigenvalue weighted by molar-refractivity contribution is 9.10. The van der Waals surface area contributed by atoms with Gasteiger partial charge in [-0.25, -0.2) is 0 Å². The third-order valence-electron chi connectivity index (χ3n) is 1.93. The van der Waals surface area contributed by atoms with E-state index in [4.69, 9.17) is 5.11 Å². The fourth-order valence-corrected chi connectivity index (χ4v) is 2.36. The summed E-state index contributed by atoms with van der Waals surface area (Å²) in [6.45, 7) is 3.84. The molecule has 0 spiro atoms. The quantitative estimate of drug-likeness (QED) is 0.860. The normalized spacial score (nSPS) is 12.8. The Balaban J connectivity index is 2.74. The smallest absolute Gasteiger partial charge is 0.317 e. The first-order valence-corrected chi connectivity index (χ1v) is 6.33. The predicted octanol–water partition coefficient (Wildman–Crippen LogP) is 3.65. The van der Waals surface area contributed by atoms with Crippen molar-refractivity contribution in [1.82, 2.24) is 0 Å². The first kappa shape index (κ1) is 12.6. The van der Waals surface area contributed by atoms with Crippen molar-refractivity contribution in [1.29, 1.82) is 0 Å². The van der Waals surface area contributed by atoms with Crippen LogP contribution < -0.4 is 0 Å². The molecule has 4 heteroatoms. The first-order valence-electron chi connectivity index (χ1n) is 4.65. The van der Waals surface area contributed by atoms with E-state index in [1.807, 2.05) is 38.1 Å². The highest BCUT2D eigenvalue weighted by Crippen LogP contribution is 2.29. The zero-order valence-corrected chi connectivity index (χ0v) is 11.0. The minimum Gasteiger partial charge on any atom is -0.480 e. The zero-order chi connectivity index (χ0) is 11.4. The third kappa shape index (κ3) is 3.87. The van der Waals surface area contributed by atoms with Crippen LogP contribution >= 0.6 is 27.7 Å². The molecule has 0 aromatic heterocycles. The highest BCUT2D eigenvalue weighted by atomic mass is 79.9. The van der Waals surface area contributed by atoms with Gasteiger partial charge in [0.2, 0.25) is 0 Å². The van der Waals surface area contributed by atoms with Gasteiger partial charge < -0.3 is 5.11 Å². The molecule has 0 fully saturated rings. The summed E-state index contributed by atoms with van der Waals surface area (Å²) in [6, 6.07) is 7.68. The highest BCUT2D eigenvalue weighted by Gasteiger charge is 2.22. The number of thioether (sulfide) groups is 1. The van der Waals surface area contributed by atoms with Crippen LogP contribution in [0.5, 0.6) is 0 Å². The van der Waals surface area contributed by atoms with Gasteiger partial charge >= 0.3 is 5.97 Å². The van der Waals surface area contributed by atoms with Crippen LogP contribution in [0.1, 0.15) is 13.8 Å². The molecule has 1 aromatic rings. The lowest BCUT2D eigenvalue weighted by molar-refractivity contribution is -0.137. The van der Waals surface area contributed by atoms with E-state index in [-0.39, 0.29) is 11.2 Å². The summed E-state index contributed by atoms with van der Waals surface area (Å²) in [5.41, 5.74) is 0. The summed E-state index contributed by atoms with van der Waals surface area (Å²) in [5, 5.41) is 8.65. The molecule has 15 heavy (non-hydrogen) atoms. The van der Waals surface area contributed by atoms with Crippen molar-refractivity contribution >= 4 is 33.7 Å². The second-order valence-corrected chi connectivity index (χ2v) is 5.71. The van der Waals surface area contributed by atoms with Crippen molar-refractivity contribution < 1.29 is 9.90 Å². The second-order valence-electron chi connectivity index (χ2n) is 3.57. The maximum absolute atomic E-state index is 11.0. The van der Waals surface area contributed by atoms with Gasteiger partial charge in [-0.15, -0.1) is 11.8 Å². The Labute approximate surface area is 102 Å². The van der Waals surface area contributed by atoms with Gasteiger partial charge in [-0.05, 0) is 30.2 Å². The van der Waals surface area contributed by atoms with Crippen LogP contribution in [0.3, 0.4) is 0 Å². The van der Waals surface area contributed by atoms with Crippen LogP contribution in [0.15, 0.2) is 33.6 Å². The minimum atomic E-state index is -0.752. The fraction of sp³-hybridized carbons (Fsp3) is 0.364. The van der Waals surface area contributed by atoms with Crippen molar-refractivity contribution in [2.24, 2.45) is 5.92 Å². The standard InChI is InChI=1S/C11H13BrO2S/c1-7(2)10(11(13)14)15-9-5-3-8(12)4-6-9/h3-7,10H,1-2H3,(H,13,14). The lowest BCUT2D eigenvalue weighted by Gasteiger charge is -2.15. The molecule has 1 atom stereocenters. The number of aliphatic carboxylic acids is 1. The number of halogens is 1. The molecule has 0 bridgehead atoms. The van der Waals surface area contributed by atoms with E-state index >= 15 is 0 Å². The second kappa shape index (κ2) is 5.56. The summed E-state index contributed by atoms with van der Waals surface area (Å²) in [7, 11) is 0. The van der Waals surface area contributed by atoms with Gasteiger partial charge in [0.05, 0.1) is 0 Å². The Morgan fingerprint density at radius 3 is 2.27 bits per heavy atom. The van der Waals surface area contributed by atoms with E-state index in [2.05, 4.69) is 15.9 Å². The molecule has 0 aliphatic heterocycles. The van der Waals surface area contributed by atoms with Crippen LogP contribution in [0.4, 0.5) is 0 Å². The maximum Gasteiger partial charge on any atom is 0.317 e. The molecule has 1 N–H and O–H groups in total. The van der Waals surface area contributed by atoms with E-state index in [1.54, 1.807) is 0 Å². The van der Waals surface area contributed by atoms with Gasteiger partial charge in [0, 0.05) is 9.37 Å². The lowest BCUT2D eigenvalue weighted by Crippen LogP contribution is -2.22. The number of hydrogen-bond donors (Lipinski definition) is 1. The number of carboxylic acids is 1. The van der Waals surface area contributed by atoms with Crippen LogP contribution in [-0.4, -0.2) is 16.3 Å². The van der Waals surface area contributed by atoms with Gasteiger partial charge in [-0.3, -0.25) is 4.79 Å². The molecule has 1 rings (SSSR count). The molecule has 2 nitrogen and oxygen atoms in total. The van der Waals surface area contributed by atoms with E-state index in [0.717, 1.165) is 9.37 Å². The first-order chi connectivity index (χ1) is 7.00. The van der Waals surface area contributed by atoms with Crippen LogP contribution in [0.25, 0.3) is 0 Å². The lowest BCUT2D eigenvalue weighted by atomic mass is 10.1. The summed E-state index contributed by atoms with van der Waals surface area (Å²) in [4.78, 5) is 12.0. The van der Waals surface area contributed by atoms with Crippen molar-refractivity contribution in [2.45, 2.75) is 24.0 Å². The summed E-state index contributed by atoms with van der Waals surface area (Å²) < 4.78 is 1.00. The molecule has 0 saturated heterocycles. The van der Waals surface area contributed by atoms with Crippen molar-refractivity contribution in [2.75, 3.05) is 0 Å². The number of hydrogen-bond acceptors (Lipinski definition) is 2. The average Bonchev–Trinajstić information content (AvgIpc) is 2.15. The summed E-state index contributed by atoms with van der Waals surface area (Å²) in [6.07, 6.45) is 0. The van der Waals surface area contributed by atoms with Gasteiger partial charge in [-0.2, -0.15) is 0 Å². The SMILES string of the molecule is CC(C)C(Sc1ccc(Br)cc1)C(=O)O. The van der Waals surface area contributed by atoms with Crippen LogP contribution in [0, 0.1) is 5.92 Å². The fourth-order valence-electron chi connectivity index (χ4n) is 1.13. The molecule has 1 aromatic carbocycles. The number of carboxylic acid groups (broad SMARTS) is 1. The Morgan fingerprint density at radius 1 is 1.33 bits per heavy atom. The molecular formula is C11H13BrO2S. The van der Waals surface area contributed by atoms with Gasteiger partial charge in [0.25, 0.3) is 0 Å². The van der Waals surface area contributed by atoms with E-state index in [0.29, 0.717) is 0 Å². The zero-order valence-electron chi connectivity index (χ0n) is 8.61. The minimum absolute atomic E-state index is 0.121. The maximum atomic E-state index is 11.0. The van der Waals surface area contributed by atoms with E-state index in [1.165, 1.54) is 11.8 Å². The Bertz CT molecular complexity index is 335. The predicted molar refractivity (Wildman–Crippen MR) is 66.3 cm³/mol. The molecule has 0 aliphatic carbocycles. The average molecular weight is 289 g/mol. The molecule has 0 radical (unpaired) electrons. The Morgan fingerprint density at radius 2 is 1.87 bits per heavy atom. The molecule has 82 valence electrons. The largest absolute Gasteiger partial charge is 0.480 e. The monoisotopic (exact) mass is 288 g/mol. The molecule has 0 amide bonds. The molecule has 1 unspecified atom stereocenters. The Kier molecular flexibility index (Phi) is 4.67. The third-order valence-corrected chi connectivity index (χ3v) is 4.00. The summed E-state index contributed by atoms with van der Waals surface area (Å²) in [5.74, 6) is -0.630. The van der Waals surface area contributed by atoms with E-state index < -0.39 is 5.97 Å². The topological polar surface area (TPSA) is 37.3 Å². The number of rotatable bonds is 4. The molecule has 0 aliphatic rings. The van der Waals surface area contributed by atoms with Crippen molar-refractivity contribution in [3.05, 3.63) is 28.7 Å². The van der Waals surface area contributed by atoms with Gasteiger partial charge in [0.15, 0.2) is 0 Å². The van der Waals surface area contributed by atoms with Crippen LogP contribution in [-0.2, 0) is 4.79 Å². The van der Waals surface area contributed by atoms with Crippen LogP contribution in [0.2, 0.25) is 0 Å². The number of carbonyl (C=O) groups is 1. The Hall–Kier alpha value is -0.480. The van der Waals surface area contributed by atoms with E-state index in [9.17, 15) is 4.79 Å². The number of benzene rings is 1. The molecule has 0 heterocycles. The van der Waals surface area contributed by atoms with Crippen molar-refractivity contribution in [3.63, 3.8) is 0 Å². The van der Waals surface area contributed by atoms with Crippen molar-refractivity contribution in [3.8, 4) is 0 Å². The summed E-state index contributed by atoms with van der Waals surface area (Å²) >= 11 is 4.74. The van der Waals surface area contributed by atoms with Gasteiger partial charge in [0.1, 0.15) is 5.25 Å². The molecular weight excluding hydrogens is 276 g/mol.